The van der Waals surface area contributed by atoms with E-state index in [2.05, 4.69) is 14.9 Å². The molecule has 0 radical (unpaired) electrons. The monoisotopic (exact) mass is 434 g/mol. The Hall–Kier alpha value is -2.52. The third-order valence-electron chi connectivity index (χ3n) is 5.79. The number of halogens is 3. The Bertz CT molecular complexity index is 916. The van der Waals surface area contributed by atoms with E-state index in [0.29, 0.717) is 49.8 Å². The van der Waals surface area contributed by atoms with Crippen molar-refractivity contribution >= 4 is 5.91 Å². The van der Waals surface area contributed by atoms with Gasteiger partial charge in [0.2, 0.25) is 5.91 Å². The Labute approximate surface area is 179 Å². The maximum atomic E-state index is 13.1. The molecule has 2 fully saturated rings. The van der Waals surface area contributed by atoms with Crippen molar-refractivity contribution in [3.8, 4) is 11.3 Å². The van der Waals surface area contributed by atoms with Crippen LogP contribution in [0.1, 0.15) is 30.0 Å². The average Bonchev–Trinajstić information content (AvgIpc) is 2.79. The molecule has 9 heteroatoms. The largest absolute Gasteiger partial charge is 0.416 e. The average molecular weight is 434 g/mol. The number of hydrogen-bond acceptors (Lipinski definition) is 5. The van der Waals surface area contributed by atoms with E-state index in [1.807, 2.05) is 4.90 Å². The minimum absolute atomic E-state index is 0.0145. The van der Waals surface area contributed by atoms with Crippen molar-refractivity contribution in [3.05, 3.63) is 47.9 Å². The van der Waals surface area contributed by atoms with Gasteiger partial charge in [-0.05, 0) is 25.0 Å². The van der Waals surface area contributed by atoms with Crippen LogP contribution in [0.2, 0.25) is 0 Å². The Morgan fingerprint density at radius 1 is 1.16 bits per heavy atom. The van der Waals surface area contributed by atoms with Gasteiger partial charge in [0.25, 0.3) is 0 Å². The summed E-state index contributed by atoms with van der Waals surface area (Å²) in [4.78, 5) is 25.6. The lowest BCUT2D eigenvalue weighted by molar-refractivity contribution is -0.137. The van der Waals surface area contributed by atoms with Crippen LogP contribution in [0.3, 0.4) is 0 Å². The second kappa shape index (κ2) is 9.32. The summed E-state index contributed by atoms with van der Waals surface area (Å²) in [7, 11) is 0. The molecule has 0 unspecified atom stereocenters. The molecule has 0 spiro atoms. The third kappa shape index (κ3) is 5.40. The molecule has 0 saturated carbocycles. The molecule has 4 rings (SSSR count). The summed E-state index contributed by atoms with van der Waals surface area (Å²) in [6.07, 6.45) is 0.434. The molecule has 166 valence electrons. The molecular formula is C22H25F3N4O2. The summed E-state index contributed by atoms with van der Waals surface area (Å²) in [6.45, 7) is 4.44. The van der Waals surface area contributed by atoms with Crippen molar-refractivity contribution in [1.82, 2.24) is 19.8 Å². The van der Waals surface area contributed by atoms with Crippen LogP contribution in [0.4, 0.5) is 13.2 Å². The zero-order valence-corrected chi connectivity index (χ0v) is 17.1. The second-order valence-corrected chi connectivity index (χ2v) is 7.98. The number of amides is 1. The number of hydrogen-bond donors (Lipinski definition) is 0. The smallest absolute Gasteiger partial charge is 0.379 e. The molecule has 6 nitrogen and oxygen atoms in total. The highest BCUT2D eigenvalue weighted by atomic mass is 19.4. The van der Waals surface area contributed by atoms with Gasteiger partial charge in [0.05, 0.1) is 42.9 Å². The number of carbonyl (C=O) groups is 1. The van der Waals surface area contributed by atoms with Gasteiger partial charge in [-0.2, -0.15) is 13.2 Å². The number of morpholine rings is 1. The normalized spacial score (nSPS) is 20.6. The van der Waals surface area contributed by atoms with E-state index < -0.39 is 11.7 Å². The lowest BCUT2D eigenvalue weighted by atomic mass is 9.94. The van der Waals surface area contributed by atoms with Gasteiger partial charge in [-0.1, -0.05) is 12.1 Å². The van der Waals surface area contributed by atoms with Crippen molar-refractivity contribution in [3.63, 3.8) is 0 Å². The number of rotatable bonds is 4. The first-order valence-corrected chi connectivity index (χ1v) is 10.5. The van der Waals surface area contributed by atoms with Crippen molar-refractivity contribution < 1.29 is 22.7 Å². The third-order valence-corrected chi connectivity index (χ3v) is 5.79. The van der Waals surface area contributed by atoms with Crippen molar-refractivity contribution in [1.29, 1.82) is 0 Å². The van der Waals surface area contributed by atoms with Gasteiger partial charge < -0.3 is 9.64 Å². The Kier molecular flexibility index (Phi) is 6.52. The van der Waals surface area contributed by atoms with E-state index in [9.17, 15) is 18.0 Å². The molecule has 1 aromatic heterocycles. The molecule has 2 saturated heterocycles. The van der Waals surface area contributed by atoms with Crippen LogP contribution in [0.25, 0.3) is 11.3 Å². The van der Waals surface area contributed by atoms with Crippen LogP contribution in [-0.4, -0.2) is 71.6 Å². The van der Waals surface area contributed by atoms with Gasteiger partial charge in [-0.15, -0.1) is 0 Å². The Balaban J connectivity index is 1.46. The van der Waals surface area contributed by atoms with Crippen LogP contribution in [0.5, 0.6) is 0 Å². The van der Waals surface area contributed by atoms with E-state index in [0.717, 1.165) is 38.1 Å². The molecule has 0 N–H and O–H groups in total. The van der Waals surface area contributed by atoms with Gasteiger partial charge in [0, 0.05) is 43.9 Å². The molecule has 31 heavy (non-hydrogen) atoms. The fourth-order valence-electron chi connectivity index (χ4n) is 4.07. The van der Waals surface area contributed by atoms with E-state index in [4.69, 9.17) is 4.74 Å². The first kappa shape index (κ1) is 21.7. The molecular weight excluding hydrogens is 409 g/mol. The molecule has 2 aromatic rings. The quantitative estimate of drug-likeness (QED) is 0.740. The minimum atomic E-state index is -4.41. The number of nitrogens with zero attached hydrogens (tertiary/aromatic N) is 4. The first-order valence-electron chi connectivity index (χ1n) is 10.5. The number of ether oxygens (including phenoxy) is 1. The number of likely N-dealkylation sites (tertiary alicyclic amines) is 1. The Morgan fingerprint density at radius 3 is 2.74 bits per heavy atom. The standard InChI is InChI=1S/C22H25F3N4O2/c23-22(24,25)18-5-1-3-16(11-18)19-12-26-13-20(27-19)17-4-2-6-29(14-17)21(30)15-28-7-9-31-10-8-28/h1,3,5,11-13,17H,2,4,6-10,14-15H2/t17-/m1/s1. The topological polar surface area (TPSA) is 58.6 Å². The highest BCUT2D eigenvalue weighted by Crippen LogP contribution is 2.32. The van der Waals surface area contributed by atoms with Crippen LogP contribution in [0.15, 0.2) is 36.7 Å². The van der Waals surface area contributed by atoms with Crippen molar-refractivity contribution in [2.75, 3.05) is 45.9 Å². The van der Waals surface area contributed by atoms with Gasteiger partial charge in [0.15, 0.2) is 0 Å². The van der Waals surface area contributed by atoms with Gasteiger partial charge in [0.1, 0.15) is 0 Å². The molecule has 3 heterocycles. The summed E-state index contributed by atoms with van der Waals surface area (Å²) < 4.78 is 44.5. The predicted octanol–water partition coefficient (Wildman–Crippen LogP) is 3.20. The van der Waals surface area contributed by atoms with Gasteiger partial charge >= 0.3 is 6.18 Å². The number of carbonyl (C=O) groups excluding carboxylic acids is 1. The fourth-order valence-corrected chi connectivity index (χ4v) is 4.07. The molecule has 1 aromatic carbocycles. The molecule has 1 atom stereocenters. The maximum Gasteiger partial charge on any atom is 0.416 e. The first-order chi connectivity index (χ1) is 14.9. The van der Waals surface area contributed by atoms with E-state index >= 15 is 0 Å². The summed E-state index contributed by atoms with van der Waals surface area (Å²) in [5, 5.41) is 0. The number of alkyl halides is 3. The second-order valence-electron chi connectivity index (χ2n) is 7.98. The van der Waals surface area contributed by atoms with Crippen LogP contribution < -0.4 is 0 Å². The van der Waals surface area contributed by atoms with Crippen molar-refractivity contribution in [2.24, 2.45) is 0 Å². The highest BCUT2D eigenvalue weighted by Gasteiger charge is 2.31. The van der Waals surface area contributed by atoms with Gasteiger partial charge in [-0.25, -0.2) is 4.98 Å². The van der Waals surface area contributed by atoms with E-state index in [1.54, 1.807) is 12.3 Å². The molecule has 0 aliphatic carbocycles. The summed E-state index contributed by atoms with van der Waals surface area (Å²) in [5.41, 5.74) is 0.772. The molecule has 1 amide bonds. The van der Waals surface area contributed by atoms with Gasteiger partial charge in [-0.3, -0.25) is 14.7 Å². The lowest BCUT2D eigenvalue weighted by Crippen LogP contribution is -2.47. The van der Waals surface area contributed by atoms with E-state index in [1.165, 1.54) is 12.3 Å². The van der Waals surface area contributed by atoms with Crippen molar-refractivity contribution in [2.45, 2.75) is 24.9 Å². The number of aromatic nitrogens is 2. The molecule has 2 aliphatic rings. The molecule has 2 aliphatic heterocycles. The summed E-state index contributed by atoms with van der Waals surface area (Å²) in [6, 6.07) is 5.11. The van der Waals surface area contributed by atoms with E-state index in [-0.39, 0.29) is 11.8 Å². The summed E-state index contributed by atoms with van der Waals surface area (Å²) >= 11 is 0. The zero-order chi connectivity index (χ0) is 21.8. The predicted molar refractivity (Wildman–Crippen MR) is 108 cm³/mol. The van der Waals surface area contributed by atoms with Crippen LogP contribution in [0, 0.1) is 0 Å². The highest BCUT2D eigenvalue weighted by molar-refractivity contribution is 5.78. The Morgan fingerprint density at radius 2 is 1.97 bits per heavy atom. The fraction of sp³-hybridized carbons (Fsp3) is 0.500. The SMILES string of the molecule is O=C(CN1CCOCC1)N1CCC[C@@H](c2cncc(-c3cccc(C(F)(F)F)c3)n2)C1. The molecule has 0 bridgehead atoms. The zero-order valence-electron chi connectivity index (χ0n) is 17.1. The number of piperidine rings is 1. The maximum absolute atomic E-state index is 13.1. The minimum Gasteiger partial charge on any atom is -0.379 e. The number of benzene rings is 1. The van der Waals surface area contributed by atoms with Crippen LogP contribution >= 0.6 is 0 Å². The lowest BCUT2D eigenvalue weighted by Gasteiger charge is -2.34. The van der Waals surface area contributed by atoms with Crippen LogP contribution in [-0.2, 0) is 15.7 Å². The summed E-state index contributed by atoms with van der Waals surface area (Å²) in [5.74, 6) is 0.106.